The number of hydrogen-bond donors (Lipinski definition) is 1. The molecule has 0 saturated heterocycles. The lowest BCUT2D eigenvalue weighted by atomic mass is 10.0. The van der Waals surface area contributed by atoms with Crippen molar-refractivity contribution in [1.82, 2.24) is 5.32 Å². The predicted octanol–water partition coefficient (Wildman–Crippen LogP) is 2.70. The van der Waals surface area contributed by atoms with Crippen molar-refractivity contribution in [3.05, 3.63) is 48.0 Å². The Morgan fingerprint density at radius 2 is 1.77 bits per heavy atom. The number of fused-ring (bicyclic) bond motifs is 1. The highest BCUT2D eigenvalue weighted by Crippen LogP contribution is 2.17. The molecule has 0 aliphatic rings. The van der Waals surface area contributed by atoms with Gasteiger partial charge in [-0.2, -0.15) is 0 Å². The minimum Gasteiger partial charge on any atom is -0.467 e. The molecule has 0 spiro atoms. The molecule has 116 valence electrons. The van der Waals surface area contributed by atoms with Crippen molar-refractivity contribution in [2.45, 2.75) is 26.3 Å². The van der Waals surface area contributed by atoms with Gasteiger partial charge in [0, 0.05) is 12.3 Å². The Morgan fingerprint density at radius 1 is 1.09 bits per heavy atom. The fourth-order valence-corrected chi connectivity index (χ4v) is 2.28. The Bertz CT molecular complexity index is 679. The molecule has 0 heterocycles. The zero-order valence-electron chi connectivity index (χ0n) is 13.1. The van der Waals surface area contributed by atoms with Crippen LogP contribution < -0.4 is 5.32 Å². The first-order valence-corrected chi connectivity index (χ1v) is 7.37. The van der Waals surface area contributed by atoms with Gasteiger partial charge in [-0.15, -0.1) is 0 Å². The molecular formula is C18H21NO3. The van der Waals surface area contributed by atoms with E-state index < -0.39 is 12.0 Å². The maximum Gasteiger partial charge on any atom is 0.328 e. The fourth-order valence-electron chi connectivity index (χ4n) is 2.28. The number of carbonyl (C=O) groups excluding carboxylic acids is 2. The lowest BCUT2D eigenvalue weighted by Crippen LogP contribution is -2.44. The van der Waals surface area contributed by atoms with Crippen molar-refractivity contribution in [3.63, 3.8) is 0 Å². The maximum atomic E-state index is 11.9. The van der Waals surface area contributed by atoms with Crippen molar-refractivity contribution in [2.75, 3.05) is 7.11 Å². The van der Waals surface area contributed by atoms with E-state index in [2.05, 4.69) is 5.32 Å². The summed E-state index contributed by atoms with van der Waals surface area (Å²) in [4.78, 5) is 23.8. The van der Waals surface area contributed by atoms with Crippen LogP contribution in [0.3, 0.4) is 0 Å². The minimum absolute atomic E-state index is 0.156. The molecule has 2 rings (SSSR count). The third-order valence-electron chi connectivity index (χ3n) is 3.58. The zero-order chi connectivity index (χ0) is 16.1. The van der Waals surface area contributed by atoms with E-state index in [-0.39, 0.29) is 11.8 Å². The summed E-state index contributed by atoms with van der Waals surface area (Å²) in [6, 6.07) is 13.4. The standard InChI is InChI=1S/C18H21NO3/c1-12(2)17(20)19-16(18(21)22-3)11-13-8-9-14-6-4-5-7-15(14)10-13/h4-10,12,16H,11H2,1-3H3,(H,19,20)/t16-/m1/s1. The number of ether oxygens (including phenoxy) is 1. The number of hydrogen-bond acceptors (Lipinski definition) is 3. The number of methoxy groups -OCH3 is 1. The lowest BCUT2D eigenvalue weighted by Gasteiger charge is -2.18. The second-order valence-electron chi connectivity index (χ2n) is 5.62. The third kappa shape index (κ3) is 3.85. The quantitative estimate of drug-likeness (QED) is 0.864. The van der Waals surface area contributed by atoms with Crippen molar-refractivity contribution in [1.29, 1.82) is 0 Å². The highest BCUT2D eigenvalue weighted by atomic mass is 16.5. The number of rotatable bonds is 5. The topological polar surface area (TPSA) is 55.4 Å². The summed E-state index contributed by atoms with van der Waals surface area (Å²) in [7, 11) is 1.33. The highest BCUT2D eigenvalue weighted by molar-refractivity contribution is 5.86. The molecule has 0 aliphatic carbocycles. The SMILES string of the molecule is COC(=O)[C@@H](Cc1ccc2ccccc2c1)NC(=O)C(C)C. The van der Waals surface area contributed by atoms with Crippen LogP contribution in [0.2, 0.25) is 0 Å². The number of nitrogens with one attached hydrogen (secondary N) is 1. The fraction of sp³-hybridized carbons (Fsp3) is 0.333. The van der Waals surface area contributed by atoms with Gasteiger partial charge in [0.2, 0.25) is 5.91 Å². The normalized spacial score (nSPS) is 12.2. The van der Waals surface area contributed by atoms with Gasteiger partial charge < -0.3 is 10.1 Å². The molecule has 2 aromatic rings. The Morgan fingerprint density at radius 3 is 2.41 bits per heavy atom. The number of amides is 1. The average molecular weight is 299 g/mol. The van der Waals surface area contributed by atoms with E-state index in [1.165, 1.54) is 7.11 Å². The van der Waals surface area contributed by atoms with Gasteiger partial charge in [0.15, 0.2) is 0 Å². The van der Waals surface area contributed by atoms with Crippen molar-refractivity contribution in [3.8, 4) is 0 Å². The van der Waals surface area contributed by atoms with Gasteiger partial charge in [0.05, 0.1) is 7.11 Å². The molecule has 0 aromatic heterocycles. The molecule has 0 aliphatic heterocycles. The molecule has 0 bridgehead atoms. The Balaban J connectivity index is 2.20. The van der Waals surface area contributed by atoms with E-state index in [9.17, 15) is 9.59 Å². The molecule has 0 saturated carbocycles. The van der Waals surface area contributed by atoms with Crippen molar-refractivity contribution in [2.24, 2.45) is 5.92 Å². The van der Waals surface area contributed by atoms with Gasteiger partial charge in [-0.1, -0.05) is 56.3 Å². The molecule has 1 atom stereocenters. The van der Waals surface area contributed by atoms with Crippen molar-refractivity contribution >= 4 is 22.6 Å². The van der Waals surface area contributed by atoms with Crippen LogP contribution >= 0.6 is 0 Å². The van der Waals surface area contributed by atoms with Gasteiger partial charge >= 0.3 is 5.97 Å². The van der Waals surface area contributed by atoms with Gasteiger partial charge in [-0.3, -0.25) is 4.79 Å². The summed E-state index contributed by atoms with van der Waals surface area (Å²) >= 11 is 0. The van der Waals surface area contributed by atoms with Crippen LogP contribution in [0.5, 0.6) is 0 Å². The van der Waals surface area contributed by atoms with E-state index in [1.807, 2.05) is 42.5 Å². The monoisotopic (exact) mass is 299 g/mol. The van der Waals surface area contributed by atoms with Gasteiger partial charge in [0.1, 0.15) is 6.04 Å². The number of benzene rings is 2. The predicted molar refractivity (Wildman–Crippen MR) is 86.4 cm³/mol. The summed E-state index contributed by atoms with van der Waals surface area (Å²) in [5, 5.41) is 5.01. The number of carbonyl (C=O) groups is 2. The van der Waals surface area contributed by atoms with E-state index >= 15 is 0 Å². The molecule has 1 N–H and O–H groups in total. The molecule has 2 aromatic carbocycles. The maximum absolute atomic E-state index is 11.9. The second kappa shape index (κ2) is 7.07. The van der Waals surface area contributed by atoms with E-state index in [0.29, 0.717) is 6.42 Å². The second-order valence-corrected chi connectivity index (χ2v) is 5.62. The molecule has 4 heteroatoms. The first kappa shape index (κ1) is 16.0. The zero-order valence-corrected chi connectivity index (χ0v) is 13.1. The minimum atomic E-state index is -0.666. The highest BCUT2D eigenvalue weighted by Gasteiger charge is 2.23. The van der Waals surface area contributed by atoms with E-state index in [1.54, 1.807) is 13.8 Å². The average Bonchev–Trinajstić information content (AvgIpc) is 2.53. The third-order valence-corrected chi connectivity index (χ3v) is 3.58. The van der Waals surface area contributed by atoms with Crippen LogP contribution in [0, 0.1) is 5.92 Å². The Labute approximate surface area is 130 Å². The van der Waals surface area contributed by atoms with Crippen LogP contribution in [0.4, 0.5) is 0 Å². The summed E-state index contributed by atoms with van der Waals surface area (Å²) in [6.07, 6.45) is 0.413. The summed E-state index contributed by atoms with van der Waals surface area (Å²) in [5.41, 5.74) is 0.984. The van der Waals surface area contributed by atoms with E-state index in [4.69, 9.17) is 4.74 Å². The summed E-state index contributed by atoms with van der Waals surface area (Å²) < 4.78 is 4.80. The summed E-state index contributed by atoms with van der Waals surface area (Å²) in [5.74, 6) is -0.762. The Kier molecular flexibility index (Phi) is 5.15. The number of esters is 1. The first-order valence-electron chi connectivity index (χ1n) is 7.37. The Hall–Kier alpha value is -2.36. The van der Waals surface area contributed by atoms with Crippen LogP contribution in [-0.4, -0.2) is 25.0 Å². The smallest absolute Gasteiger partial charge is 0.328 e. The van der Waals surface area contributed by atoms with Crippen LogP contribution in [0.15, 0.2) is 42.5 Å². The summed E-state index contributed by atoms with van der Waals surface area (Å²) in [6.45, 7) is 3.58. The molecule has 22 heavy (non-hydrogen) atoms. The molecule has 0 fully saturated rings. The van der Waals surface area contributed by atoms with Crippen LogP contribution in [0.1, 0.15) is 19.4 Å². The van der Waals surface area contributed by atoms with Crippen molar-refractivity contribution < 1.29 is 14.3 Å². The van der Waals surface area contributed by atoms with Crippen LogP contribution in [-0.2, 0) is 20.7 Å². The molecule has 1 amide bonds. The molecule has 4 nitrogen and oxygen atoms in total. The van der Waals surface area contributed by atoms with Gasteiger partial charge in [-0.05, 0) is 16.3 Å². The molecule has 0 unspecified atom stereocenters. The van der Waals surface area contributed by atoms with Gasteiger partial charge in [0.25, 0.3) is 0 Å². The molecular weight excluding hydrogens is 278 g/mol. The van der Waals surface area contributed by atoms with Gasteiger partial charge in [-0.25, -0.2) is 4.79 Å². The first-order chi connectivity index (χ1) is 10.5. The van der Waals surface area contributed by atoms with E-state index in [0.717, 1.165) is 16.3 Å². The lowest BCUT2D eigenvalue weighted by molar-refractivity contribution is -0.145. The largest absolute Gasteiger partial charge is 0.467 e. The van der Waals surface area contributed by atoms with Crippen LogP contribution in [0.25, 0.3) is 10.8 Å². The molecule has 0 radical (unpaired) electrons.